The normalized spacial score (nSPS) is 22.8. The first-order chi connectivity index (χ1) is 18.7. The third-order valence-corrected chi connectivity index (χ3v) is 10.8. The predicted molar refractivity (Wildman–Crippen MR) is 155 cm³/mol. The standard InChI is InChI=1S/C30H32N6O2S/c1-18(19-9-6-5-7-10-19)24-23-26(33-32-24)31-28(35(4)27(23)37)36-15-13-30(14-16-36)17-20-11-8-12-21-22(20)25(30)34-39(38)29(21,2)3/h5-12,25,34H,1,13-17H2,2-4H3,(H,32,33)/t25-,39-/m1/s1. The van der Waals surface area contributed by atoms with E-state index in [0.717, 1.165) is 37.9 Å². The van der Waals surface area contributed by atoms with Gasteiger partial charge in [-0.2, -0.15) is 10.1 Å². The van der Waals surface area contributed by atoms with Crippen LogP contribution < -0.4 is 15.2 Å². The molecule has 8 nitrogen and oxygen atoms in total. The summed E-state index contributed by atoms with van der Waals surface area (Å²) in [5, 5.41) is 7.88. The lowest BCUT2D eigenvalue weighted by atomic mass is 9.72. The number of nitrogens with one attached hydrogen (secondary N) is 2. The SMILES string of the molecule is C=C(c1ccccc1)c1n[nH]c2nc(N3CCC4(CC3)Cc3cccc5c3[C@H]4N[S@+]([O-])C5(C)C)n(C)c(=O)c12. The second-order valence-corrected chi connectivity index (χ2v) is 13.4. The Morgan fingerprint density at radius 2 is 1.87 bits per heavy atom. The van der Waals surface area contributed by atoms with Crippen molar-refractivity contribution < 1.29 is 4.55 Å². The second-order valence-electron chi connectivity index (χ2n) is 11.7. The van der Waals surface area contributed by atoms with Crippen LogP contribution in [-0.2, 0) is 29.6 Å². The molecule has 2 aromatic carbocycles. The number of hydrogen-bond acceptors (Lipinski definition) is 6. The minimum absolute atomic E-state index is 0.00134. The van der Waals surface area contributed by atoms with E-state index in [1.807, 2.05) is 30.3 Å². The fraction of sp³-hybridized carbons (Fsp3) is 0.367. The summed E-state index contributed by atoms with van der Waals surface area (Å²) < 4.78 is 18.0. The number of aromatic nitrogens is 4. The molecule has 1 fully saturated rings. The molecule has 4 heterocycles. The Labute approximate surface area is 230 Å². The van der Waals surface area contributed by atoms with Crippen molar-refractivity contribution in [3.8, 4) is 0 Å². The van der Waals surface area contributed by atoms with Gasteiger partial charge in [-0.3, -0.25) is 14.5 Å². The van der Waals surface area contributed by atoms with Crippen molar-refractivity contribution in [1.82, 2.24) is 24.5 Å². The zero-order chi connectivity index (χ0) is 27.1. The average molecular weight is 541 g/mol. The van der Waals surface area contributed by atoms with Crippen molar-refractivity contribution >= 4 is 33.9 Å². The van der Waals surface area contributed by atoms with E-state index in [0.29, 0.717) is 28.2 Å². The van der Waals surface area contributed by atoms with Crippen molar-refractivity contribution in [2.24, 2.45) is 12.5 Å². The molecule has 1 spiro atoms. The van der Waals surface area contributed by atoms with Gasteiger partial charge in [-0.15, -0.1) is 4.72 Å². The third-order valence-electron chi connectivity index (χ3n) is 9.20. The molecule has 4 aromatic rings. The van der Waals surface area contributed by atoms with Gasteiger partial charge in [0.2, 0.25) is 5.95 Å². The highest BCUT2D eigenvalue weighted by Crippen LogP contribution is 2.57. The van der Waals surface area contributed by atoms with Crippen LogP contribution in [0.25, 0.3) is 16.6 Å². The highest BCUT2D eigenvalue weighted by molar-refractivity contribution is 7.90. The summed E-state index contributed by atoms with van der Waals surface area (Å²) in [4.78, 5) is 20.7. The van der Waals surface area contributed by atoms with E-state index < -0.39 is 16.1 Å². The predicted octanol–water partition coefficient (Wildman–Crippen LogP) is 4.10. The van der Waals surface area contributed by atoms with Crippen molar-refractivity contribution in [1.29, 1.82) is 0 Å². The van der Waals surface area contributed by atoms with Gasteiger partial charge in [0.05, 0.1) is 6.04 Å². The lowest BCUT2D eigenvalue weighted by Crippen LogP contribution is -2.53. The fourth-order valence-electron chi connectivity index (χ4n) is 6.90. The number of fused-ring (bicyclic) bond motifs is 2. The summed E-state index contributed by atoms with van der Waals surface area (Å²) in [6.07, 6.45) is 2.82. The van der Waals surface area contributed by atoms with Crippen LogP contribution in [0.2, 0.25) is 0 Å². The zero-order valence-electron chi connectivity index (χ0n) is 22.5. The van der Waals surface area contributed by atoms with Gasteiger partial charge >= 0.3 is 0 Å². The molecule has 9 heteroatoms. The van der Waals surface area contributed by atoms with Crippen LogP contribution in [0.4, 0.5) is 5.95 Å². The molecule has 1 saturated heterocycles. The number of hydrogen-bond donors (Lipinski definition) is 2. The Hall–Kier alpha value is -3.40. The van der Waals surface area contributed by atoms with Crippen LogP contribution in [0.5, 0.6) is 0 Å². The topological polar surface area (TPSA) is 102 Å². The highest BCUT2D eigenvalue weighted by atomic mass is 32.2. The smallest absolute Gasteiger partial charge is 0.266 e. The Balaban J connectivity index is 1.19. The van der Waals surface area contributed by atoms with Crippen LogP contribution in [0, 0.1) is 5.41 Å². The molecule has 3 aliphatic rings. The largest absolute Gasteiger partial charge is 0.597 e. The van der Waals surface area contributed by atoms with Gasteiger partial charge in [0.15, 0.2) is 10.4 Å². The lowest BCUT2D eigenvalue weighted by molar-refractivity contribution is 0.172. The second kappa shape index (κ2) is 8.55. The minimum atomic E-state index is -1.16. The molecule has 2 aliphatic heterocycles. The van der Waals surface area contributed by atoms with E-state index >= 15 is 0 Å². The molecular formula is C30H32N6O2S. The molecule has 2 N–H and O–H groups in total. The molecule has 1 aliphatic carbocycles. The number of piperidine rings is 1. The molecular weight excluding hydrogens is 508 g/mol. The molecule has 0 bridgehead atoms. The Kier molecular flexibility index (Phi) is 5.40. The average Bonchev–Trinajstić information content (AvgIpc) is 3.50. The summed E-state index contributed by atoms with van der Waals surface area (Å²) in [5.41, 5.74) is 6.42. The van der Waals surface area contributed by atoms with Gasteiger partial charge in [-0.1, -0.05) is 55.1 Å². The van der Waals surface area contributed by atoms with Crippen molar-refractivity contribution in [2.75, 3.05) is 18.0 Å². The van der Waals surface area contributed by atoms with Gasteiger partial charge in [0, 0.05) is 48.1 Å². The molecule has 7 rings (SSSR count). The molecule has 0 saturated carbocycles. The van der Waals surface area contributed by atoms with Gasteiger partial charge in [0.1, 0.15) is 11.1 Å². The number of aromatic amines is 1. The molecule has 2 aromatic heterocycles. The number of benzene rings is 2. The molecule has 0 radical (unpaired) electrons. The number of H-pyrrole nitrogens is 1. The maximum absolute atomic E-state index is 13.6. The Morgan fingerprint density at radius 1 is 1.13 bits per heavy atom. The third kappa shape index (κ3) is 3.49. The quantitative estimate of drug-likeness (QED) is 0.380. The van der Waals surface area contributed by atoms with Crippen LogP contribution in [0.15, 0.2) is 59.9 Å². The van der Waals surface area contributed by atoms with Crippen LogP contribution in [0.3, 0.4) is 0 Å². The van der Waals surface area contributed by atoms with E-state index in [-0.39, 0.29) is 17.0 Å². The van der Waals surface area contributed by atoms with Crippen LogP contribution >= 0.6 is 0 Å². The summed E-state index contributed by atoms with van der Waals surface area (Å²) >= 11 is -1.16. The fourth-order valence-corrected chi connectivity index (χ4v) is 8.16. The van der Waals surface area contributed by atoms with Crippen LogP contribution in [0.1, 0.15) is 60.7 Å². The first kappa shape index (κ1) is 24.6. The van der Waals surface area contributed by atoms with Gasteiger partial charge in [-0.05, 0) is 49.8 Å². The van der Waals surface area contributed by atoms with Crippen molar-refractivity contribution in [2.45, 2.75) is 43.9 Å². The summed E-state index contributed by atoms with van der Waals surface area (Å²) in [7, 11) is 1.78. The Morgan fingerprint density at radius 3 is 2.62 bits per heavy atom. The van der Waals surface area contributed by atoms with Crippen molar-refractivity contribution in [3.05, 3.63) is 93.4 Å². The molecule has 0 amide bonds. The van der Waals surface area contributed by atoms with Crippen molar-refractivity contribution in [3.63, 3.8) is 0 Å². The monoisotopic (exact) mass is 540 g/mol. The van der Waals surface area contributed by atoms with Gasteiger partial charge < -0.3 is 9.45 Å². The number of rotatable bonds is 3. The van der Waals surface area contributed by atoms with Gasteiger partial charge in [0.25, 0.3) is 5.56 Å². The minimum Gasteiger partial charge on any atom is -0.597 e. The molecule has 2 atom stereocenters. The highest BCUT2D eigenvalue weighted by Gasteiger charge is 2.56. The maximum Gasteiger partial charge on any atom is 0.266 e. The molecule has 200 valence electrons. The first-order valence-corrected chi connectivity index (χ1v) is 14.6. The Bertz CT molecular complexity index is 1680. The van der Waals surface area contributed by atoms with E-state index in [1.54, 1.807) is 11.6 Å². The summed E-state index contributed by atoms with van der Waals surface area (Å²) in [6, 6.07) is 16.3. The molecule has 39 heavy (non-hydrogen) atoms. The first-order valence-electron chi connectivity index (χ1n) is 13.5. The number of anilines is 1. The summed E-state index contributed by atoms with van der Waals surface area (Å²) in [5.74, 6) is 0.639. The number of nitrogens with zero attached hydrogens (tertiary/aromatic N) is 4. The lowest BCUT2D eigenvalue weighted by Gasteiger charge is -2.46. The summed E-state index contributed by atoms with van der Waals surface area (Å²) in [6.45, 7) is 9.86. The zero-order valence-corrected chi connectivity index (χ0v) is 23.3. The molecule has 0 unspecified atom stereocenters. The van der Waals surface area contributed by atoms with E-state index in [2.05, 4.69) is 58.4 Å². The van der Waals surface area contributed by atoms with E-state index in [1.165, 1.54) is 16.7 Å². The van der Waals surface area contributed by atoms with Gasteiger partial charge in [-0.25, -0.2) is 0 Å². The maximum atomic E-state index is 13.6. The van der Waals surface area contributed by atoms with E-state index in [4.69, 9.17) is 4.98 Å². The van der Waals surface area contributed by atoms with Crippen LogP contribution in [-0.4, -0.2) is 37.4 Å². The van der Waals surface area contributed by atoms with E-state index in [9.17, 15) is 9.35 Å².